The second kappa shape index (κ2) is 9.88. The Labute approximate surface area is 196 Å². The number of hydrogen-bond acceptors (Lipinski definition) is 4. The molecule has 6 nitrogen and oxygen atoms in total. The van der Waals surface area contributed by atoms with E-state index in [0.717, 1.165) is 18.6 Å². The summed E-state index contributed by atoms with van der Waals surface area (Å²) in [6, 6.07) is 14.8. The van der Waals surface area contributed by atoms with Crippen molar-refractivity contribution in [3.8, 4) is 11.3 Å². The number of unbranched alkanes of at least 4 members (excludes halogenated alkanes) is 3. The SMILES string of the molecule is CCCCCCSc1n[n+]2c(c(=O)[nH]1)-c1ccccc1N(C(C)=O)C2c1ccccc1Cl. The highest BCUT2D eigenvalue weighted by atomic mass is 35.5. The minimum absolute atomic E-state index is 0.156. The number of H-pyrrole nitrogens is 1. The molecule has 1 aliphatic heterocycles. The second-order valence-corrected chi connectivity index (χ2v) is 9.25. The standard InChI is InChI=1S/C24H25ClN4O2S/c1-3-4-5-10-15-32-24-26-22(31)21-18-12-7-9-14-20(18)28(16(2)30)23(29(21)27-24)17-11-6-8-13-19(17)25/h6-9,11-14,23H,3-5,10,15H2,1-2H3/p+1. The van der Waals surface area contributed by atoms with E-state index in [9.17, 15) is 9.59 Å². The molecule has 1 atom stereocenters. The van der Waals surface area contributed by atoms with E-state index in [1.807, 2.05) is 42.5 Å². The number of carbonyl (C=O) groups is 1. The monoisotopic (exact) mass is 469 g/mol. The molecule has 1 aromatic heterocycles. The minimum atomic E-state index is -0.659. The van der Waals surface area contributed by atoms with Gasteiger partial charge < -0.3 is 0 Å². The topological polar surface area (TPSA) is 69.9 Å². The molecule has 0 saturated carbocycles. The van der Waals surface area contributed by atoms with E-state index < -0.39 is 6.17 Å². The number of nitrogens with zero attached hydrogens (tertiary/aromatic N) is 3. The van der Waals surface area contributed by atoms with Gasteiger partial charge in [-0.2, -0.15) is 0 Å². The van der Waals surface area contributed by atoms with Crippen molar-refractivity contribution in [1.29, 1.82) is 0 Å². The van der Waals surface area contributed by atoms with Gasteiger partial charge in [-0.25, -0.2) is 4.90 Å². The number of nitrogens with one attached hydrogen (secondary N) is 1. The number of hydrogen-bond donors (Lipinski definition) is 1. The Morgan fingerprint density at radius 2 is 1.91 bits per heavy atom. The van der Waals surface area contributed by atoms with Crippen LogP contribution in [0, 0.1) is 0 Å². The van der Waals surface area contributed by atoms with Gasteiger partial charge in [0.1, 0.15) is 0 Å². The van der Waals surface area contributed by atoms with Crippen LogP contribution in [0.15, 0.2) is 58.5 Å². The van der Waals surface area contributed by atoms with Crippen LogP contribution in [0.5, 0.6) is 0 Å². The summed E-state index contributed by atoms with van der Waals surface area (Å²) in [5.41, 5.74) is 2.22. The molecule has 0 spiro atoms. The molecule has 1 N–H and O–H groups in total. The highest BCUT2D eigenvalue weighted by Gasteiger charge is 2.45. The van der Waals surface area contributed by atoms with Crippen molar-refractivity contribution in [2.75, 3.05) is 10.7 Å². The molecular weight excluding hydrogens is 444 g/mol. The Kier molecular flexibility index (Phi) is 6.96. The Hall–Kier alpha value is -2.64. The number of benzene rings is 2. The summed E-state index contributed by atoms with van der Waals surface area (Å²) >= 11 is 8.09. The summed E-state index contributed by atoms with van der Waals surface area (Å²) in [5.74, 6) is 0.711. The summed E-state index contributed by atoms with van der Waals surface area (Å²) in [5, 5.41) is 5.84. The maximum Gasteiger partial charge on any atom is 0.325 e. The number of aromatic amines is 1. The third kappa shape index (κ3) is 4.32. The van der Waals surface area contributed by atoms with Crippen LogP contribution >= 0.6 is 23.4 Å². The van der Waals surface area contributed by atoms with Gasteiger partial charge in [0.05, 0.1) is 21.8 Å². The molecule has 166 valence electrons. The molecule has 8 heteroatoms. The highest BCUT2D eigenvalue weighted by Crippen LogP contribution is 2.38. The second-order valence-electron chi connectivity index (χ2n) is 7.76. The van der Waals surface area contributed by atoms with Crippen LogP contribution in [0.2, 0.25) is 5.02 Å². The van der Waals surface area contributed by atoms with Crippen molar-refractivity contribution in [2.45, 2.75) is 50.9 Å². The van der Waals surface area contributed by atoms with E-state index in [-0.39, 0.29) is 11.5 Å². The third-order valence-corrected chi connectivity index (χ3v) is 6.81. The predicted molar refractivity (Wildman–Crippen MR) is 128 cm³/mol. The third-order valence-electron chi connectivity index (χ3n) is 5.52. The number of amides is 1. The van der Waals surface area contributed by atoms with Gasteiger partial charge in [0.15, 0.2) is 0 Å². The van der Waals surface area contributed by atoms with Crippen LogP contribution in [0.25, 0.3) is 11.3 Å². The van der Waals surface area contributed by atoms with E-state index in [0.29, 0.717) is 32.7 Å². The number of thioether (sulfide) groups is 1. The van der Waals surface area contributed by atoms with Crippen molar-refractivity contribution >= 4 is 35.0 Å². The van der Waals surface area contributed by atoms with Crippen molar-refractivity contribution in [2.24, 2.45) is 0 Å². The normalized spacial score (nSPS) is 14.7. The van der Waals surface area contributed by atoms with Crippen molar-refractivity contribution in [1.82, 2.24) is 10.1 Å². The van der Waals surface area contributed by atoms with Gasteiger partial charge in [0, 0.05) is 17.8 Å². The largest absolute Gasteiger partial charge is 0.325 e. The number of rotatable bonds is 7. The molecule has 4 rings (SSSR count). The van der Waals surface area contributed by atoms with Gasteiger partial charge in [-0.05, 0) is 35.4 Å². The molecule has 2 aromatic carbocycles. The summed E-state index contributed by atoms with van der Waals surface area (Å²) in [4.78, 5) is 30.7. The molecule has 0 aliphatic carbocycles. The molecule has 1 unspecified atom stereocenters. The zero-order chi connectivity index (χ0) is 22.7. The maximum absolute atomic E-state index is 13.3. The summed E-state index contributed by atoms with van der Waals surface area (Å²) in [6.07, 6.45) is 3.92. The van der Waals surface area contributed by atoms with Crippen molar-refractivity contribution in [3.63, 3.8) is 0 Å². The molecule has 2 heterocycles. The zero-order valence-electron chi connectivity index (χ0n) is 18.2. The first-order chi connectivity index (χ1) is 15.5. The Balaban J connectivity index is 1.87. The lowest BCUT2D eigenvalue weighted by Gasteiger charge is -2.31. The fourth-order valence-electron chi connectivity index (χ4n) is 4.04. The summed E-state index contributed by atoms with van der Waals surface area (Å²) in [6.45, 7) is 3.70. The maximum atomic E-state index is 13.3. The molecule has 1 amide bonds. The number of halogens is 1. The predicted octanol–water partition coefficient (Wildman–Crippen LogP) is 4.96. The van der Waals surface area contributed by atoms with E-state index >= 15 is 0 Å². The highest BCUT2D eigenvalue weighted by molar-refractivity contribution is 7.99. The van der Waals surface area contributed by atoms with E-state index in [1.54, 1.807) is 15.6 Å². The van der Waals surface area contributed by atoms with Gasteiger partial charge in [-0.3, -0.25) is 14.6 Å². The zero-order valence-corrected chi connectivity index (χ0v) is 19.7. The fraction of sp³-hybridized carbons (Fsp3) is 0.333. The number of anilines is 1. The Morgan fingerprint density at radius 3 is 2.66 bits per heavy atom. The summed E-state index contributed by atoms with van der Waals surface area (Å²) < 4.78 is 1.65. The minimum Gasteiger partial charge on any atom is -0.291 e. The van der Waals surface area contributed by atoms with Crippen LogP contribution in [-0.2, 0) is 4.79 Å². The molecule has 0 bridgehead atoms. The molecular formula is C24H26ClN4O2S+. The number of carbonyl (C=O) groups excluding carboxylic acids is 1. The van der Waals surface area contributed by atoms with Gasteiger partial charge in [0.25, 0.3) is 6.17 Å². The van der Waals surface area contributed by atoms with Gasteiger partial charge in [-0.15, -0.1) is 0 Å². The van der Waals surface area contributed by atoms with Crippen LogP contribution in [0.1, 0.15) is 51.3 Å². The first kappa shape index (κ1) is 22.6. The average molecular weight is 470 g/mol. The van der Waals surface area contributed by atoms with E-state index in [4.69, 9.17) is 16.7 Å². The van der Waals surface area contributed by atoms with Crippen LogP contribution in [-0.4, -0.2) is 21.7 Å². The fourth-order valence-corrected chi connectivity index (χ4v) is 5.13. The Bertz CT molecular complexity index is 1200. The van der Waals surface area contributed by atoms with Crippen molar-refractivity contribution in [3.05, 3.63) is 69.5 Å². The number of aromatic nitrogens is 3. The molecule has 3 aromatic rings. The summed E-state index contributed by atoms with van der Waals surface area (Å²) in [7, 11) is 0. The van der Waals surface area contributed by atoms with Gasteiger partial charge >= 0.3 is 11.3 Å². The van der Waals surface area contributed by atoms with E-state index in [2.05, 4.69) is 11.9 Å². The lowest BCUT2D eigenvalue weighted by molar-refractivity contribution is -0.763. The number of para-hydroxylation sites is 1. The van der Waals surface area contributed by atoms with Crippen LogP contribution in [0.4, 0.5) is 5.69 Å². The van der Waals surface area contributed by atoms with Gasteiger partial charge in [0.2, 0.25) is 11.1 Å². The van der Waals surface area contributed by atoms with Gasteiger partial charge in [-0.1, -0.05) is 73.8 Å². The molecule has 32 heavy (non-hydrogen) atoms. The number of fused-ring (bicyclic) bond motifs is 3. The van der Waals surface area contributed by atoms with Crippen LogP contribution in [0.3, 0.4) is 0 Å². The average Bonchev–Trinajstić information content (AvgIpc) is 2.78. The molecule has 0 saturated heterocycles. The smallest absolute Gasteiger partial charge is 0.291 e. The quantitative estimate of drug-likeness (QED) is 0.301. The lowest BCUT2D eigenvalue weighted by Crippen LogP contribution is -2.60. The molecule has 1 aliphatic rings. The molecule has 0 radical (unpaired) electrons. The first-order valence-electron chi connectivity index (χ1n) is 10.9. The first-order valence-corrected chi connectivity index (χ1v) is 12.2. The van der Waals surface area contributed by atoms with E-state index in [1.165, 1.54) is 31.5 Å². The van der Waals surface area contributed by atoms with Crippen LogP contribution < -0.4 is 15.1 Å². The Morgan fingerprint density at radius 1 is 1.16 bits per heavy atom. The molecule has 0 fully saturated rings. The van der Waals surface area contributed by atoms with Crippen molar-refractivity contribution < 1.29 is 9.48 Å². The lowest BCUT2D eigenvalue weighted by atomic mass is 10.0.